The van der Waals surface area contributed by atoms with Crippen LogP contribution < -0.4 is 0 Å². The van der Waals surface area contributed by atoms with Crippen LogP contribution in [0.5, 0.6) is 0 Å². The number of rotatable bonds is 6. The third-order valence-corrected chi connectivity index (χ3v) is 10.9. The van der Waals surface area contributed by atoms with Crippen LogP contribution in [-0.2, 0) is 0 Å². The minimum absolute atomic E-state index is 0.552. The van der Waals surface area contributed by atoms with Crippen molar-refractivity contribution in [3.8, 4) is 67.5 Å². The molecule has 0 N–H and O–H groups in total. The fourth-order valence-electron chi connectivity index (χ4n) is 8.13. The van der Waals surface area contributed by atoms with Gasteiger partial charge in [-0.2, -0.15) is 0 Å². The summed E-state index contributed by atoms with van der Waals surface area (Å²) < 4.78 is 6.51. The molecule has 4 heteroatoms. The predicted molar refractivity (Wildman–Crippen MR) is 235 cm³/mol. The quantitative estimate of drug-likeness (QED) is 0.160. The van der Waals surface area contributed by atoms with Crippen LogP contribution in [0.25, 0.3) is 111 Å². The first-order chi connectivity index (χ1) is 28.2. The van der Waals surface area contributed by atoms with E-state index in [1.165, 1.54) is 27.1 Å². The van der Waals surface area contributed by atoms with Crippen molar-refractivity contribution in [2.75, 3.05) is 0 Å². The zero-order chi connectivity index (χ0) is 37.7. The zero-order valence-electron chi connectivity index (χ0n) is 30.8. The molecule has 0 unspecified atom stereocenters. The molecule has 0 bridgehead atoms. The van der Waals surface area contributed by atoms with E-state index < -0.39 is 0 Å². The molecular formula is C53H33N3O. The second kappa shape index (κ2) is 13.6. The lowest BCUT2D eigenvalue weighted by Crippen LogP contribution is -2.01. The second-order valence-corrected chi connectivity index (χ2v) is 14.4. The Kier molecular flexibility index (Phi) is 7.78. The van der Waals surface area contributed by atoms with Gasteiger partial charge < -0.3 is 4.42 Å². The average Bonchev–Trinajstić information content (AvgIpc) is 3.68. The highest BCUT2D eigenvalue weighted by molar-refractivity contribution is 6.14. The first kappa shape index (κ1) is 32.7. The van der Waals surface area contributed by atoms with Crippen LogP contribution in [0.3, 0.4) is 0 Å². The molecule has 0 saturated heterocycles. The fraction of sp³-hybridized carbons (Fsp3) is 0. The molecule has 0 amide bonds. The van der Waals surface area contributed by atoms with Gasteiger partial charge in [0.25, 0.3) is 0 Å². The maximum atomic E-state index is 6.51. The van der Waals surface area contributed by atoms with E-state index in [0.29, 0.717) is 17.5 Å². The van der Waals surface area contributed by atoms with Crippen molar-refractivity contribution in [3.63, 3.8) is 0 Å². The van der Waals surface area contributed by atoms with Crippen molar-refractivity contribution in [3.05, 3.63) is 200 Å². The van der Waals surface area contributed by atoms with Crippen molar-refractivity contribution in [2.24, 2.45) is 0 Å². The van der Waals surface area contributed by atoms with E-state index in [0.717, 1.165) is 66.4 Å². The molecule has 0 aliphatic heterocycles. The molecule has 57 heavy (non-hydrogen) atoms. The summed E-state index contributed by atoms with van der Waals surface area (Å²) in [7, 11) is 0. The smallest absolute Gasteiger partial charge is 0.167 e. The van der Waals surface area contributed by atoms with Crippen LogP contribution in [0.15, 0.2) is 205 Å². The van der Waals surface area contributed by atoms with Gasteiger partial charge in [0, 0.05) is 21.9 Å². The van der Waals surface area contributed by atoms with E-state index in [-0.39, 0.29) is 0 Å². The Labute approximate surface area is 329 Å². The third-order valence-electron chi connectivity index (χ3n) is 10.9. The number of furan rings is 1. The first-order valence-corrected chi connectivity index (χ1v) is 19.2. The second-order valence-electron chi connectivity index (χ2n) is 14.4. The molecule has 2 aromatic heterocycles. The molecule has 0 fully saturated rings. The zero-order valence-corrected chi connectivity index (χ0v) is 30.8. The van der Waals surface area contributed by atoms with Gasteiger partial charge in [0.1, 0.15) is 11.2 Å². The van der Waals surface area contributed by atoms with Crippen LogP contribution in [-0.4, -0.2) is 15.0 Å². The van der Waals surface area contributed by atoms with Gasteiger partial charge in [-0.05, 0) is 85.3 Å². The minimum Gasteiger partial charge on any atom is -0.455 e. The van der Waals surface area contributed by atoms with Crippen molar-refractivity contribution >= 4 is 43.5 Å². The summed E-state index contributed by atoms with van der Waals surface area (Å²) in [5.41, 5.74) is 10.9. The van der Waals surface area contributed by atoms with E-state index in [4.69, 9.17) is 19.4 Å². The average molecular weight is 728 g/mol. The molecule has 266 valence electrons. The highest BCUT2D eigenvalue weighted by Crippen LogP contribution is 2.39. The number of hydrogen-bond donors (Lipinski definition) is 0. The lowest BCUT2D eigenvalue weighted by atomic mass is 9.93. The van der Waals surface area contributed by atoms with Gasteiger partial charge in [-0.25, -0.2) is 15.0 Å². The maximum absolute atomic E-state index is 6.51. The summed E-state index contributed by atoms with van der Waals surface area (Å²) in [6.45, 7) is 0. The van der Waals surface area contributed by atoms with E-state index in [1.54, 1.807) is 0 Å². The van der Waals surface area contributed by atoms with Crippen molar-refractivity contribution in [1.82, 2.24) is 15.0 Å². The molecule has 4 nitrogen and oxygen atoms in total. The molecule has 0 saturated carbocycles. The number of para-hydroxylation sites is 2. The fourth-order valence-corrected chi connectivity index (χ4v) is 8.13. The monoisotopic (exact) mass is 727 g/mol. The van der Waals surface area contributed by atoms with Crippen molar-refractivity contribution in [2.45, 2.75) is 0 Å². The van der Waals surface area contributed by atoms with Crippen molar-refractivity contribution < 1.29 is 4.42 Å². The van der Waals surface area contributed by atoms with E-state index in [1.807, 2.05) is 36.4 Å². The Morgan fingerprint density at radius 2 is 0.825 bits per heavy atom. The number of hydrogen-bond acceptors (Lipinski definition) is 4. The van der Waals surface area contributed by atoms with E-state index in [2.05, 4.69) is 164 Å². The minimum atomic E-state index is 0.552. The molecule has 0 aliphatic rings. The summed E-state index contributed by atoms with van der Waals surface area (Å²) in [6, 6.07) is 70.0. The Balaban J connectivity index is 1.11. The van der Waals surface area contributed by atoms with E-state index in [9.17, 15) is 0 Å². The van der Waals surface area contributed by atoms with Crippen LogP contribution in [0.1, 0.15) is 0 Å². The van der Waals surface area contributed by atoms with Crippen LogP contribution in [0, 0.1) is 0 Å². The normalized spacial score (nSPS) is 11.5. The molecule has 0 aliphatic carbocycles. The van der Waals surface area contributed by atoms with Gasteiger partial charge in [0.05, 0.1) is 5.56 Å². The number of benzene rings is 9. The lowest BCUT2D eigenvalue weighted by molar-refractivity contribution is 0.669. The Morgan fingerprint density at radius 3 is 1.58 bits per heavy atom. The van der Waals surface area contributed by atoms with Crippen LogP contribution in [0.4, 0.5) is 0 Å². The predicted octanol–water partition coefficient (Wildman–Crippen LogP) is 14.1. The lowest BCUT2D eigenvalue weighted by Gasteiger charge is -2.13. The molecule has 0 radical (unpaired) electrons. The Bertz CT molecular complexity index is 3220. The third kappa shape index (κ3) is 5.83. The highest BCUT2D eigenvalue weighted by Gasteiger charge is 2.19. The Morgan fingerprint density at radius 1 is 0.298 bits per heavy atom. The summed E-state index contributed by atoms with van der Waals surface area (Å²) in [5, 5.41) is 7.02. The van der Waals surface area contributed by atoms with Crippen LogP contribution in [0.2, 0.25) is 0 Å². The van der Waals surface area contributed by atoms with Gasteiger partial charge in [0.15, 0.2) is 17.5 Å². The molecule has 2 heterocycles. The summed E-state index contributed by atoms with van der Waals surface area (Å²) in [5.74, 6) is 1.72. The SMILES string of the molecule is c1ccc(-c2cc(-c3ccccc3)cc(-c3nc(-c4ccc(-c5cccc6ccc7ccccc7c56)cc4)nc(-c4cccc5c4oc4ccccc45)n3)c2)cc1. The molecular weight excluding hydrogens is 695 g/mol. The van der Waals surface area contributed by atoms with Gasteiger partial charge in [-0.3, -0.25) is 0 Å². The molecule has 11 rings (SSSR count). The molecule has 0 spiro atoms. The van der Waals surface area contributed by atoms with Gasteiger partial charge in [-0.15, -0.1) is 0 Å². The summed E-state index contributed by atoms with van der Waals surface area (Å²) >= 11 is 0. The maximum Gasteiger partial charge on any atom is 0.167 e. The van der Waals surface area contributed by atoms with Gasteiger partial charge in [0.2, 0.25) is 0 Å². The van der Waals surface area contributed by atoms with Crippen molar-refractivity contribution in [1.29, 1.82) is 0 Å². The van der Waals surface area contributed by atoms with Crippen LogP contribution >= 0.6 is 0 Å². The molecule has 9 aromatic carbocycles. The van der Waals surface area contributed by atoms with E-state index >= 15 is 0 Å². The Hall–Kier alpha value is -7.69. The summed E-state index contributed by atoms with van der Waals surface area (Å²) in [6.07, 6.45) is 0. The largest absolute Gasteiger partial charge is 0.455 e. The number of aromatic nitrogens is 3. The highest BCUT2D eigenvalue weighted by atomic mass is 16.3. The summed E-state index contributed by atoms with van der Waals surface area (Å²) in [4.78, 5) is 15.7. The van der Waals surface area contributed by atoms with Gasteiger partial charge >= 0.3 is 0 Å². The number of nitrogens with zero attached hydrogens (tertiary/aromatic N) is 3. The molecule has 11 aromatic rings. The first-order valence-electron chi connectivity index (χ1n) is 19.2. The number of fused-ring (bicyclic) bond motifs is 6. The molecule has 0 atom stereocenters. The van der Waals surface area contributed by atoms with Gasteiger partial charge in [-0.1, -0.05) is 170 Å². The standard InChI is InChI=1S/C53H33N3O/c1-3-13-34(14-4-1)40-31-41(35-15-5-2-6-16-35)33-42(32-40)52-54-51(55-53(56-52)47-23-12-22-46-45-20-9-10-24-48(45)57-50(46)47)39-29-26-37(27-30-39)44-21-11-18-38-28-25-36-17-7-8-19-43(36)49(38)44/h1-33H. The topological polar surface area (TPSA) is 51.8 Å².